The number of nitrogens with zero attached hydrogens (tertiary/aromatic N) is 1. The average molecular weight is 264 g/mol. The number of piperidine rings is 1. The summed E-state index contributed by atoms with van der Waals surface area (Å²) < 4.78 is 0. The molecule has 0 aliphatic carbocycles. The van der Waals surface area contributed by atoms with Gasteiger partial charge in [0.05, 0.1) is 0 Å². The first-order chi connectivity index (χ1) is 9.11. The van der Waals surface area contributed by atoms with Crippen molar-refractivity contribution in [3.8, 4) is 0 Å². The summed E-state index contributed by atoms with van der Waals surface area (Å²) in [5, 5.41) is 17.0. The number of rotatable bonds is 3. The zero-order chi connectivity index (χ0) is 13.4. The molecule has 1 aromatic rings. The molecule has 19 heavy (non-hydrogen) atoms. The van der Waals surface area contributed by atoms with Crippen molar-refractivity contribution in [2.24, 2.45) is 0 Å². The smallest absolute Gasteiger partial charge is 0.321 e. The van der Waals surface area contributed by atoms with Crippen molar-refractivity contribution in [1.29, 1.82) is 0 Å². The molecule has 1 amide bonds. The van der Waals surface area contributed by atoms with Crippen LogP contribution in [-0.2, 0) is 0 Å². The lowest BCUT2D eigenvalue weighted by atomic mass is 10.00. The number of amides is 1. The molecule has 2 aliphatic rings. The van der Waals surface area contributed by atoms with E-state index in [2.05, 4.69) is 15.6 Å². The van der Waals surface area contributed by atoms with Gasteiger partial charge < -0.3 is 20.7 Å². The molecule has 2 saturated heterocycles. The molecule has 7 heteroatoms. The third kappa shape index (κ3) is 2.46. The van der Waals surface area contributed by atoms with Gasteiger partial charge in [-0.25, -0.2) is 4.98 Å². The number of fused-ring (bicyclic) bond motifs is 2. The third-order valence-electron chi connectivity index (χ3n) is 3.92. The predicted molar refractivity (Wildman–Crippen MR) is 67.9 cm³/mol. The van der Waals surface area contributed by atoms with E-state index in [-0.39, 0.29) is 23.5 Å². The van der Waals surface area contributed by atoms with Crippen LogP contribution in [0.15, 0.2) is 12.1 Å². The minimum absolute atomic E-state index is 0.157. The van der Waals surface area contributed by atoms with Crippen LogP contribution < -0.4 is 10.6 Å². The van der Waals surface area contributed by atoms with E-state index in [4.69, 9.17) is 0 Å². The van der Waals surface area contributed by atoms with Crippen LogP contribution >= 0.6 is 0 Å². The van der Waals surface area contributed by atoms with Crippen LogP contribution in [0.4, 0.5) is 5.82 Å². The maximum atomic E-state index is 12.0. The van der Waals surface area contributed by atoms with E-state index >= 15 is 0 Å². The second-order valence-electron chi connectivity index (χ2n) is 5.29. The molecule has 3 rings (SSSR count). The van der Waals surface area contributed by atoms with Gasteiger partial charge in [-0.2, -0.15) is 0 Å². The number of carbonyl (C=O) groups excluding carboxylic acids is 1. The third-order valence-corrected chi connectivity index (χ3v) is 3.92. The highest BCUT2D eigenvalue weighted by atomic mass is 16.6. The molecule has 1 aromatic heterocycles. The van der Waals surface area contributed by atoms with Gasteiger partial charge in [0.15, 0.2) is 5.69 Å². The zero-order valence-corrected chi connectivity index (χ0v) is 10.4. The second kappa shape index (κ2) is 4.65. The number of nitrogens with one attached hydrogen (secondary N) is 3. The van der Waals surface area contributed by atoms with Crippen molar-refractivity contribution in [2.45, 2.75) is 43.8 Å². The fourth-order valence-corrected chi connectivity index (χ4v) is 3.06. The van der Waals surface area contributed by atoms with Gasteiger partial charge >= 0.3 is 5.82 Å². The maximum Gasteiger partial charge on any atom is 0.321 e. The van der Waals surface area contributed by atoms with Gasteiger partial charge in [0.1, 0.15) is 0 Å². The molecule has 3 N–H and O–H groups in total. The molecule has 0 saturated carbocycles. The summed E-state index contributed by atoms with van der Waals surface area (Å²) in [5.41, 5.74) is 0.248. The van der Waals surface area contributed by atoms with Crippen LogP contribution in [0.5, 0.6) is 0 Å². The predicted octanol–water partition coefficient (Wildman–Crippen LogP) is 0.936. The van der Waals surface area contributed by atoms with E-state index in [1.165, 1.54) is 25.0 Å². The van der Waals surface area contributed by atoms with Crippen molar-refractivity contribution in [3.05, 3.63) is 27.9 Å². The van der Waals surface area contributed by atoms with Crippen LogP contribution in [0.3, 0.4) is 0 Å². The second-order valence-corrected chi connectivity index (χ2v) is 5.29. The Morgan fingerprint density at radius 2 is 2.00 bits per heavy atom. The highest BCUT2D eigenvalue weighted by molar-refractivity contribution is 5.93. The number of H-pyrrole nitrogens is 1. The summed E-state index contributed by atoms with van der Waals surface area (Å²) in [4.78, 5) is 24.5. The molecule has 7 nitrogen and oxygen atoms in total. The van der Waals surface area contributed by atoms with E-state index in [1.54, 1.807) is 0 Å². The lowest BCUT2D eigenvalue weighted by molar-refractivity contribution is -0.389. The first-order valence-corrected chi connectivity index (χ1v) is 6.52. The molecule has 0 radical (unpaired) electrons. The monoisotopic (exact) mass is 264 g/mol. The molecule has 3 heterocycles. The number of hydrogen-bond acceptors (Lipinski definition) is 4. The minimum atomic E-state index is -0.540. The molecule has 2 bridgehead atoms. The van der Waals surface area contributed by atoms with Crippen LogP contribution in [0, 0.1) is 10.1 Å². The summed E-state index contributed by atoms with van der Waals surface area (Å²) in [6.07, 6.45) is 4.21. The SMILES string of the molecule is O=C(NC1CC2CCC(C1)N2)c1ccc([N+](=O)[O-])[nH]1. The fourth-order valence-electron chi connectivity index (χ4n) is 3.06. The zero-order valence-electron chi connectivity index (χ0n) is 10.4. The van der Waals surface area contributed by atoms with E-state index in [0.717, 1.165) is 12.8 Å². The topological polar surface area (TPSA) is 100 Å². The van der Waals surface area contributed by atoms with Gasteiger partial charge in [0.25, 0.3) is 5.91 Å². The van der Waals surface area contributed by atoms with Crippen molar-refractivity contribution < 1.29 is 9.72 Å². The Hall–Kier alpha value is -1.89. The highest BCUT2D eigenvalue weighted by Crippen LogP contribution is 2.26. The molecule has 102 valence electrons. The van der Waals surface area contributed by atoms with Gasteiger partial charge in [-0.1, -0.05) is 0 Å². The Morgan fingerprint density at radius 3 is 2.58 bits per heavy atom. The quantitative estimate of drug-likeness (QED) is 0.558. The molecule has 0 aromatic carbocycles. The molecule has 2 aliphatic heterocycles. The minimum Gasteiger partial charge on any atom is -0.358 e. The number of hydrogen-bond donors (Lipinski definition) is 3. The van der Waals surface area contributed by atoms with Gasteiger partial charge in [-0.15, -0.1) is 0 Å². The number of aromatic amines is 1. The summed E-state index contributed by atoms with van der Waals surface area (Å²) in [7, 11) is 0. The largest absolute Gasteiger partial charge is 0.358 e. The van der Waals surface area contributed by atoms with Crippen molar-refractivity contribution >= 4 is 11.7 Å². The van der Waals surface area contributed by atoms with Crippen LogP contribution in [-0.4, -0.2) is 33.9 Å². The van der Waals surface area contributed by atoms with E-state index < -0.39 is 4.92 Å². The Morgan fingerprint density at radius 1 is 1.32 bits per heavy atom. The summed E-state index contributed by atoms with van der Waals surface area (Å²) in [6.45, 7) is 0. The molecular weight excluding hydrogens is 248 g/mol. The fraction of sp³-hybridized carbons (Fsp3) is 0.583. The molecule has 2 unspecified atom stereocenters. The maximum absolute atomic E-state index is 12.0. The van der Waals surface area contributed by atoms with Gasteiger partial charge in [0.2, 0.25) is 0 Å². The molecule has 2 fully saturated rings. The molecule has 2 atom stereocenters. The number of carbonyl (C=O) groups is 1. The molecule has 0 spiro atoms. The van der Waals surface area contributed by atoms with Crippen LogP contribution in [0.1, 0.15) is 36.2 Å². The Labute approximate surface area is 109 Å². The first kappa shape index (κ1) is 12.2. The van der Waals surface area contributed by atoms with E-state index in [0.29, 0.717) is 12.1 Å². The first-order valence-electron chi connectivity index (χ1n) is 6.52. The number of nitro groups is 1. The highest BCUT2D eigenvalue weighted by Gasteiger charge is 2.34. The summed E-state index contributed by atoms with van der Waals surface area (Å²) >= 11 is 0. The van der Waals surface area contributed by atoms with Gasteiger partial charge in [-0.05, 0) is 36.7 Å². The van der Waals surface area contributed by atoms with Crippen molar-refractivity contribution in [2.75, 3.05) is 0 Å². The van der Waals surface area contributed by atoms with Gasteiger partial charge in [0, 0.05) is 24.2 Å². The Bertz CT molecular complexity index is 501. The van der Waals surface area contributed by atoms with Crippen molar-refractivity contribution in [1.82, 2.24) is 15.6 Å². The summed E-state index contributed by atoms with van der Waals surface area (Å²) in [6, 6.07) is 3.92. The lowest BCUT2D eigenvalue weighted by Gasteiger charge is -2.29. The van der Waals surface area contributed by atoms with Crippen LogP contribution in [0.2, 0.25) is 0 Å². The van der Waals surface area contributed by atoms with E-state index in [9.17, 15) is 14.9 Å². The molecular formula is C12H16N4O3. The lowest BCUT2D eigenvalue weighted by Crippen LogP contribution is -2.48. The normalized spacial score (nSPS) is 29.2. The van der Waals surface area contributed by atoms with Crippen molar-refractivity contribution in [3.63, 3.8) is 0 Å². The van der Waals surface area contributed by atoms with E-state index in [1.807, 2.05) is 0 Å². The average Bonchev–Trinajstić information content (AvgIpc) is 2.96. The Balaban J connectivity index is 1.62. The van der Waals surface area contributed by atoms with Gasteiger partial charge in [-0.3, -0.25) is 4.79 Å². The number of aromatic nitrogens is 1. The summed E-state index contributed by atoms with van der Waals surface area (Å²) in [5.74, 6) is -0.421. The standard InChI is InChI=1S/C12H16N4O3/c17-12(10-3-4-11(15-10)16(18)19)14-9-5-7-1-2-8(6-9)13-7/h3-4,7-9,13,15H,1-2,5-6H2,(H,14,17). The Kier molecular flexibility index (Phi) is 2.98. The van der Waals surface area contributed by atoms with Crippen LogP contribution in [0.25, 0.3) is 0 Å².